The van der Waals surface area contributed by atoms with Gasteiger partial charge in [0, 0.05) is 19.1 Å². The molecule has 1 saturated heterocycles. The Labute approximate surface area is 185 Å². The van der Waals surface area contributed by atoms with Crippen LogP contribution in [-0.4, -0.2) is 53.7 Å². The summed E-state index contributed by atoms with van der Waals surface area (Å²) in [5.74, 6) is -0.279. The van der Waals surface area contributed by atoms with Crippen LogP contribution in [0.2, 0.25) is 0 Å². The lowest BCUT2D eigenvalue weighted by atomic mass is 9.94. The fourth-order valence-corrected chi connectivity index (χ4v) is 5.10. The minimum atomic E-state index is -0.507. The molecule has 1 aliphatic heterocycles. The Bertz CT molecular complexity index is 863. The number of hydrogen-bond donors (Lipinski definition) is 0. The van der Waals surface area contributed by atoms with Crippen molar-refractivity contribution in [2.24, 2.45) is 5.92 Å². The number of rotatable bonds is 8. The number of carbonyl (C=O) groups excluding carboxylic acids is 2. The number of nitrogens with zero attached hydrogens (tertiary/aromatic N) is 2. The van der Waals surface area contributed by atoms with Gasteiger partial charge in [-0.3, -0.25) is 9.59 Å². The van der Waals surface area contributed by atoms with Crippen molar-refractivity contribution in [1.29, 1.82) is 0 Å². The van der Waals surface area contributed by atoms with Gasteiger partial charge >= 0.3 is 0 Å². The topological polar surface area (TPSA) is 53.8 Å². The molecule has 0 N–H and O–H groups in total. The smallest absolute Gasteiger partial charge is 0.298 e. The molecule has 31 heavy (non-hydrogen) atoms. The summed E-state index contributed by atoms with van der Waals surface area (Å²) >= 11 is 0. The van der Waals surface area contributed by atoms with Gasteiger partial charge in [-0.15, -0.1) is 0 Å². The molecule has 1 amide bonds. The number of furan rings is 1. The highest BCUT2D eigenvalue weighted by atomic mass is 16.3. The van der Waals surface area contributed by atoms with Gasteiger partial charge in [0.15, 0.2) is 5.76 Å². The summed E-state index contributed by atoms with van der Waals surface area (Å²) in [5.41, 5.74) is 2.79. The molecule has 0 radical (unpaired) electrons. The van der Waals surface area contributed by atoms with Crippen molar-refractivity contribution in [1.82, 2.24) is 9.80 Å². The molecule has 2 fully saturated rings. The first-order chi connectivity index (χ1) is 15.1. The first-order valence-corrected chi connectivity index (χ1v) is 11.8. The fraction of sp³-hybridized carbons (Fsp3) is 0.538. The molecule has 2 aromatic rings. The van der Waals surface area contributed by atoms with E-state index in [9.17, 15) is 9.59 Å². The molecule has 0 bridgehead atoms. The summed E-state index contributed by atoms with van der Waals surface area (Å²) in [5, 5.41) is 0. The van der Waals surface area contributed by atoms with E-state index in [2.05, 4.69) is 36.1 Å². The lowest BCUT2D eigenvalue weighted by Crippen LogP contribution is -2.47. The maximum absolute atomic E-state index is 13.1. The molecule has 5 nitrogen and oxygen atoms in total. The molecule has 1 aromatic heterocycles. The monoisotopic (exact) mass is 422 g/mol. The maximum atomic E-state index is 13.1. The quantitative estimate of drug-likeness (QED) is 0.464. The van der Waals surface area contributed by atoms with E-state index in [1.165, 1.54) is 17.4 Å². The highest BCUT2D eigenvalue weighted by Crippen LogP contribution is 2.27. The average molecular weight is 423 g/mol. The summed E-state index contributed by atoms with van der Waals surface area (Å²) in [6.07, 6.45) is 8.99. The van der Waals surface area contributed by atoms with Crippen LogP contribution < -0.4 is 0 Å². The molecule has 0 spiro atoms. The zero-order valence-corrected chi connectivity index (χ0v) is 18.6. The predicted molar refractivity (Wildman–Crippen MR) is 121 cm³/mol. The average Bonchev–Trinajstić information content (AvgIpc) is 3.51. The first kappa shape index (κ1) is 21.8. The Balaban J connectivity index is 1.31. The SMILES string of the molecule is Cc1ccccc1CCN1CCC(CN(C(=O)C(=O)c2ccco2)C2CCCC2)CC1. The van der Waals surface area contributed by atoms with Crippen molar-refractivity contribution >= 4 is 11.7 Å². The van der Waals surface area contributed by atoms with Crippen LogP contribution in [0.5, 0.6) is 0 Å². The van der Waals surface area contributed by atoms with Crippen molar-refractivity contribution in [2.45, 2.75) is 57.9 Å². The molecule has 5 heteroatoms. The number of benzene rings is 1. The Kier molecular flexibility index (Phi) is 7.23. The largest absolute Gasteiger partial charge is 0.461 e. The zero-order chi connectivity index (χ0) is 21.6. The molecule has 0 unspecified atom stereocenters. The fourth-order valence-electron chi connectivity index (χ4n) is 5.10. The van der Waals surface area contributed by atoms with Crippen LogP contribution in [0.25, 0.3) is 0 Å². The van der Waals surface area contributed by atoms with Gasteiger partial charge in [0.1, 0.15) is 0 Å². The van der Waals surface area contributed by atoms with E-state index in [0.717, 1.165) is 64.6 Å². The van der Waals surface area contributed by atoms with E-state index >= 15 is 0 Å². The number of hydrogen-bond acceptors (Lipinski definition) is 4. The van der Waals surface area contributed by atoms with Gasteiger partial charge in [-0.05, 0) is 81.3 Å². The van der Waals surface area contributed by atoms with E-state index in [1.807, 2.05) is 4.90 Å². The number of ketones is 1. The molecular formula is C26H34N2O3. The number of carbonyl (C=O) groups is 2. The van der Waals surface area contributed by atoms with Crippen molar-refractivity contribution in [3.63, 3.8) is 0 Å². The van der Waals surface area contributed by atoms with Gasteiger partial charge in [-0.25, -0.2) is 0 Å². The van der Waals surface area contributed by atoms with Crippen molar-refractivity contribution in [2.75, 3.05) is 26.2 Å². The number of amides is 1. The minimum Gasteiger partial charge on any atom is -0.461 e. The normalized spacial score (nSPS) is 18.4. The van der Waals surface area contributed by atoms with E-state index in [1.54, 1.807) is 12.1 Å². The van der Waals surface area contributed by atoms with Crippen molar-refractivity contribution in [3.05, 3.63) is 59.5 Å². The molecular weight excluding hydrogens is 388 g/mol. The number of aryl methyl sites for hydroxylation is 1. The lowest BCUT2D eigenvalue weighted by molar-refractivity contribution is -0.129. The van der Waals surface area contributed by atoms with E-state index < -0.39 is 5.78 Å². The standard InChI is InChI=1S/C26H34N2O3/c1-20-7-2-3-8-22(20)14-17-27-15-12-21(13-16-27)19-28(23-9-4-5-10-23)26(30)25(29)24-11-6-18-31-24/h2-3,6-8,11,18,21,23H,4-5,9-10,12-17,19H2,1H3. The summed E-state index contributed by atoms with van der Waals surface area (Å²) in [4.78, 5) is 30.1. The first-order valence-electron chi connectivity index (χ1n) is 11.8. The second-order valence-corrected chi connectivity index (χ2v) is 9.16. The highest BCUT2D eigenvalue weighted by Gasteiger charge is 2.34. The number of piperidine rings is 1. The zero-order valence-electron chi connectivity index (χ0n) is 18.6. The molecule has 1 saturated carbocycles. The van der Waals surface area contributed by atoms with Crippen LogP contribution in [0.4, 0.5) is 0 Å². The summed E-state index contributed by atoms with van der Waals surface area (Å²) < 4.78 is 5.20. The number of Topliss-reactive ketones (excluding diaryl/α,β-unsaturated/α-hetero) is 1. The molecule has 4 rings (SSSR count). The van der Waals surface area contributed by atoms with Crippen molar-refractivity contribution in [3.8, 4) is 0 Å². The van der Waals surface area contributed by atoms with Crippen LogP contribution in [0.3, 0.4) is 0 Å². The Morgan fingerprint density at radius 2 is 1.77 bits per heavy atom. The summed E-state index contributed by atoms with van der Waals surface area (Å²) in [6.45, 7) is 6.09. The van der Waals surface area contributed by atoms with Crippen LogP contribution in [-0.2, 0) is 11.2 Å². The molecule has 1 aliphatic carbocycles. The van der Waals surface area contributed by atoms with Crippen LogP contribution in [0, 0.1) is 12.8 Å². The highest BCUT2D eigenvalue weighted by molar-refractivity contribution is 6.42. The Morgan fingerprint density at radius 3 is 2.45 bits per heavy atom. The molecule has 0 atom stereocenters. The van der Waals surface area contributed by atoms with Gasteiger partial charge in [-0.1, -0.05) is 37.1 Å². The summed E-state index contributed by atoms with van der Waals surface area (Å²) in [6, 6.07) is 12.1. The third kappa shape index (κ3) is 5.45. The van der Waals surface area contributed by atoms with Crippen LogP contribution in [0.15, 0.2) is 47.1 Å². The van der Waals surface area contributed by atoms with E-state index in [-0.39, 0.29) is 17.7 Å². The minimum absolute atomic E-state index is 0.152. The van der Waals surface area contributed by atoms with Crippen LogP contribution >= 0.6 is 0 Å². The van der Waals surface area contributed by atoms with Gasteiger partial charge in [0.25, 0.3) is 11.7 Å². The van der Waals surface area contributed by atoms with Gasteiger partial charge in [0.05, 0.1) is 6.26 Å². The molecule has 2 heterocycles. The third-order valence-corrected chi connectivity index (χ3v) is 7.09. The second kappa shape index (κ2) is 10.3. The van der Waals surface area contributed by atoms with Gasteiger partial charge in [0.2, 0.25) is 0 Å². The Hall–Kier alpha value is -2.40. The Morgan fingerprint density at radius 1 is 1.03 bits per heavy atom. The maximum Gasteiger partial charge on any atom is 0.298 e. The van der Waals surface area contributed by atoms with E-state index in [4.69, 9.17) is 4.42 Å². The molecule has 166 valence electrons. The van der Waals surface area contributed by atoms with Gasteiger partial charge < -0.3 is 14.2 Å². The summed E-state index contributed by atoms with van der Waals surface area (Å²) in [7, 11) is 0. The van der Waals surface area contributed by atoms with Crippen molar-refractivity contribution < 1.29 is 14.0 Å². The van der Waals surface area contributed by atoms with Gasteiger partial charge in [-0.2, -0.15) is 0 Å². The second-order valence-electron chi connectivity index (χ2n) is 9.16. The molecule has 1 aromatic carbocycles. The van der Waals surface area contributed by atoms with E-state index in [0.29, 0.717) is 12.5 Å². The predicted octanol–water partition coefficient (Wildman–Crippen LogP) is 4.50. The number of likely N-dealkylation sites (tertiary alicyclic amines) is 1. The van der Waals surface area contributed by atoms with Crippen LogP contribution in [0.1, 0.15) is 60.2 Å². The molecule has 2 aliphatic rings. The third-order valence-electron chi connectivity index (χ3n) is 7.09. The lowest BCUT2D eigenvalue weighted by Gasteiger charge is -2.37.